The Morgan fingerprint density at radius 3 is 2.72 bits per heavy atom. The van der Waals surface area contributed by atoms with Crippen molar-refractivity contribution in [3.8, 4) is 11.4 Å². The quantitative estimate of drug-likeness (QED) is 0.844. The Labute approximate surface area is 102 Å². The van der Waals surface area contributed by atoms with Gasteiger partial charge in [0.05, 0.1) is 12.8 Å². The number of ether oxygens (including phenoxy) is 1. The molecule has 1 aromatic carbocycles. The van der Waals surface area contributed by atoms with Crippen LogP contribution in [0.5, 0.6) is 5.75 Å². The molecule has 0 atom stereocenters. The molecule has 18 heavy (non-hydrogen) atoms. The molecule has 7 heteroatoms. The van der Waals surface area contributed by atoms with Crippen LogP contribution in [0.4, 0.5) is 0 Å². The van der Waals surface area contributed by atoms with Crippen molar-refractivity contribution >= 4 is 5.97 Å². The van der Waals surface area contributed by atoms with Gasteiger partial charge in [-0.2, -0.15) is 4.68 Å². The monoisotopic (exact) mass is 249 g/mol. The molecular formula is C11H11N3O4. The van der Waals surface area contributed by atoms with Gasteiger partial charge in [0.15, 0.2) is 0 Å². The second-order valence-corrected chi connectivity index (χ2v) is 3.58. The molecule has 1 aromatic heterocycles. The highest BCUT2D eigenvalue weighted by molar-refractivity contribution is 5.83. The summed E-state index contributed by atoms with van der Waals surface area (Å²) in [6, 6.07) is 6.65. The molecule has 0 radical (unpaired) electrons. The lowest BCUT2D eigenvalue weighted by Crippen LogP contribution is -2.22. The predicted molar refractivity (Wildman–Crippen MR) is 62.3 cm³/mol. The van der Waals surface area contributed by atoms with E-state index in [0.717, 1.165) is 9.25 Å². The number of hydrogen-bond acceptors (Lipinski definition) is 4. The van der Waals surface area contributed by atoms with Gasteiger partial charge in [-0.15, -0.1) is 5.10 Å². The van der Waals surface area contributed by atoms with E-state index in [9.17, 15) is 9.59 Å². The first-order chi connectivity index (χ1) is 8.54. The minimum Gasteiger partial charge on any atom is -0.497 e. The molecule has 0 aliphatic rings. The minimum atomic E-state index is -1.25. The van der Waals surface area contributed by atoms with Crippen LogP contribution in [0, 0.1) is 0 Å². The van der Waals surface area contributed by atoms with Crippen LogP contribution in [-0.4, -0.2) is 32.5 Å². The normalized spacial score (nSPS) is 10.3. The Morgan fingerprint density at radius 1 is 1.44 bits per heavy atom. The van der Waals surface area contributed by atoms with Gasteiger partial charge in [-0.3, -0.25) is 4.57 Å². The molecule has 0 fully saturated rings. The highest BCUT2D eigenvalue weighted by Crippen LogP contribution is 2.14. The van der Waals surface area contributed by atoms with E-state index in [1.54, 1.807) is 24.3 Å². The standard InChI is InChI=1S/C11H11N3O4/c1-13-9(10(15)16)12-14(11(13)17)7-4-3-5-8(6-7)18-2/h3-6H,1-2H3,(H,15,16). The maximum absolute atomic E-state index is 11.9. The summed E-state index contributed by atoms with van der Waals surface area (Å²) in [5.74, 6) is -1.01. The number of rotatable bonds is 3. The molecule has 0 aliphatic heterocycles. The molecule has 0 saturated carbocycles. The Morgan fingerprint density at radius 2 is 2.17 bits per heavy atom. The third-order valence-corrected chi connectivity index (χ3v) is 2.47. The lowest BCUT2D eigenvalue weighted by atomic mass is 10.3. The third-order valence-electron chi connectivity index (χ3n) is 2.47. The van der Waals surface area contributed by atoms with E-state index < -0.39 is 11.7 Å². The number of carbonyl (C=O) groups is 1. The largest absolute Gasteiger partial charge is 0.497 e. The summed E-state index contributed by atoms with van der Waals surface area (Å²) >= 11 is 0. The number of benzene rings is 1. The Bertz CT molecular complexity index is 657. The lowest BCUT2D eigenvalue weighted by molar-refractivity contribution is 0.0678. The van der Waals surface area contributed by atoms with Crippen molar-refractivity contribution in [3.63, 3.8) is 0 Å². The average Bonchev–Trinajstić information content (AvgIpc) is 2.67. The summed E-state index contributed by atoms with van der Waals surface area (Å²) < 4.78 is 7.03. The molecule has 7 nitrogen and oxygen atoms in total. The summed E-state index contributed by atoms with van der Waals surface area (Å²) in [6.45, 7) is 0. The predicted octanol–water partition coefficient (Wildman–Crippen LogP) is 0.278. The molecular weight excluding hydrogens is 238 g/mol. The van der Waals surface area contributed by atoms with Gasteiger partial charge in [0.2, 0.25) is 5.82 Å². The Balaban J connectivity index is 2.61. The van der Waals surface area contributed by atoms with Crippen LogP contribution in [0.1, 0.15) is 10.6 Å². The molecule has 2 aromatic rings. The van der Waals surface area contributed by atoms with E-state index in [1.165, 1.54) is 14.2 Å². The van der Waals surface area contributed by atoms with Crippen molar-refractivity contribution in [1.29, 1.82) is 0 Å². The van der Waals surface area contributed by atoms with Gasteiger partial charge >= 0.3 is 11.7 Å². The van der Waals surface area contributed by atoms with Crippen molar-refractivity contribution in [2.75, 3.05) is 7.11 Å². The molecule has 1 N–H and O–H groups in total. The van der Waals surface area contributed by atoms with Crippen LogP contribution >= 0.6 is 0 Å². The van der Waals surface area contributed by atoms with E-state index in [0.29, 0.717) is 11.4 Å². The molecule has 0 amide bonds. The number of carboxylic acids is 1. The van der Waals surface area contributed by atoms with E-state index in [2.05, 4.69) is 5.10 Å². The molecule has 0 unspecified atom stereocenters. The highest BCUT2D eigenvalue weighted by atomic mass is 16.5. The van der Waals surface area contributed by atoms with Gasteiger partial charge in [-0.25, -0.2) is 9.59 Å². The fourth-order valence-corrected chi connectivity index (χ4v) is 1.53. The second-order valence-electron chi connectivity index (χ2n) is 3.58. The van der Waals surface area contributed by atoms with Crippen molar-refractivity contribution in [2.24, 2.45) is 7.05 Å². The van der Waals surface area contributed by atoms with Crippen molar-refractivity contribution < 1.29 is 14.6 Å². The molecule has 0 bridgehead atoms. The van der Waals surface area contributed by atoms with Gasteiger partial charge in [0.1, 0.15) is 5.75 Å². The second kappa shape index (κ2) is 4.36. The van der Waals surface area contributed by atoms with Gasteiger partial charge in [-0.05, 0) is 12.1 Å². The SMILES string of the molecule is COc1cccc(-n2nc(C(=O)O)n(C)c2=O)c1. The van der Waals surface area contributed by atoms with Crippen molar-refractivity contribution in [2.45, 2.75) is 0 Å². The van der Waals surface area contributed by atoms with Crippen LogP contribution in [0.25, 0.3) is 5.69 Å². The summed E-state index contributed by atoms with van der Waals surface area (Å²) in [5.41, 5.74) is -0.0805. The van der Waals surface area contributed by atoms with Crippen LogP contribution in [0.15, 0.2) is 29.1 Å². The van der Waals surface area contributed by atoms with Gasteiger partial charge < -0.3 is 9.84 Å². The van der Waals surface area contributed by atoms with Crippen molar-refractivity contribution in [1.82, 2.24) is 14.3 Å². The number of aromatic nitrogens is 3. The summed E-state index contributed by atoms with van der Waals surface area (Å²) in [4.78, 5) is 22.7. The van der Waals surface area contributed by atoms with Crippen LogP contribution in [0.3, 0.4) is 0 Å². The first kappa shape index (κ1) is 11.9. The van der Waals surface area contributed by atoms with Crippen LogP contribution in [0.2, 0.25) is 0 Å². The summed E-state index contributed by atoms with van der Waals surface area (Å²) in [7, 11) is 2.86. The maximum atomic E-state index is 11.9. The fourth-order valence-electron chi connectivity index (χ4n) is 1.53. The fraction of sp³-hybridized carbons (Fsp3) is 0.182. The summed E-state index contributed by atoms with van der Waals surface area (Å²) in [6.07, 6.45) is 0. The topological polar surface area (TPSA) is 86.3 Å². The number of carboxylic acid groups (broad SMARTS) is 1. The molecule has 0 spiro atoms. The number of hydrogen-bond donors (Lipinski definition) is 1. The number of methoxy groups -OCH3 is 1. The molecule has 94 valence electrons. The third kappa shape index (κ3) is 1.86. The van der Waals surface area contributed by atoms with E-state index in [-0.39, 0.29) is 5.82 Å². The first-order valence-electron chi connectivity index (χ1n) is 5.08. The molecule has 0 saturated heterocycles. The number of aromatic carboxylic acids is 1. The van der Waals surface area contributed by atoms with Crippen molar-refractivity contribution in [3.05, 3.63) is 40.6 Å². The smallest absolute Gasteiger partial charge is 0.374 e. The molecule has 0 aliphatic carbocycles. The minimum absolute atomic E-state index is 0.317. The van der Waals surface area contributed by atoms with Crippen LogP contribution in [-0.2, 0) is 7.05 Å². The zero-order valence-electron chi connectivity index (χ0n) is 9.82. The van der Waals surface area contributed by atoms with Crippen LogP contribution < -0.4 is 10.4 Å². The van der Waals surface area contributed by atoms with Gasteiger partial charge in [-0.1, -0.05) is 6.07 Å². The van der Waals surface area contributed by atoms with Gasteiger partial charge in [0, 0.05) is 13.1 Å². The first-order valence-corrected chi connectivity index (χ1v) is 5.08. The Hall–Kier alpha value is -2.57. The number of nitrogens with zero attached hydrogens (tertiary/aromatic N) is 3. The average molecular weight is 249 g/mol. The Kier molecular flexibility index (Phi) is 2.88. The molecule has 1 heterocycles. The zero-order valence-corrected chi connectivity index (χ0v) is 9.82. The summed E-state index contributed by atoms with van der Waals surface area (Å²) in [5, 5.41) is 12.7. The van der Waals surface area contributed by atoms with E-state index in [1.807, 2.05) is 0 Å². The lowest BCUT2D eigenvalue weighted by Gasteiger charge is -2.02. The maximum Gasteiger partial charge on any atom is 0.374 e. The van der Waals surface area contributed by atoms with E-state index in [4.69, 9.17) is 9.84 Å². The van der Waals surface area contributed by atoms with E-state index >= 15 is 0 Å². The van der Waals surface area contributed by atoms with Gasteiger partial charge in [0.25, 0.3) is 0 Å². The molecule has 2 rings (SSSR count). The highest BCUT2D eigenvalue weighted by Gasteiger charge is 2.17. The zero-order chi connectivity index (χ0) is 13.3.